The lowest BCUT2D eigenvalue weighted by Crippen LogP contribution is -2.26. The van der Waals surface area contributed by atoms with Crippen LogP contribution in [0.4, 0.5) is 0 Å². The molecule has 0 bridgehead atoms. The minimum absolute atomic E-state index is 0.106. The highest BCUT2D eigenvalue weighted by Gasteiger charge is 2.17. The maximum atomic E-state index is 12.0. The van der Waals surface area contributed by atoms with E-state index in [1.165, 1.54) is 17.1 Å². The summed E-state index contributed by atoms with van der Waals surface area (Å²) in [5, 5.41) is 7.10. The second kappa shape index (κ2) is 6.54. The van der Waals surface area contributed by atoms with Crippen molar-refractivity contribution in [2.45, 2.75) is 18.4 Å². The van der Waals surface area contributed by atoms with Crippen molar-refractivity contribution in [1.82, 2.24) is 24.7 Å². The summed E-state index contributed by atoms with van der Waals surface area (Å²) in [5.74, 6) is 0.516. The van der Waals surface area contributed by atoms with Gasteiger partial charge in [0.15, 0.2) is 0 Å². The van der Waals surface area contributed by atoms with E-state index in [2.05, 4.69) is 20.0 Å². The molecule has 1 N–H and O–H groups in total. The number of sulfonamides is 1. The predicted octanol–water partition coefficient (Wildman–Crippen LogP) is 1.30. The van der Waals surface area contributed by atoms with Gasteiger partial charge in [-0.3, -0.25) is 4.68 Å². The van der Waals surface area contributed by atoms with Crippen LogP contribution in [0.5, 0.6) is 0 Å². The molecule has 0 fully saturated rings. The van der Waals surface area contributed by atoms with Crippen molar-refractivity contribution in [1.29, 1.82) is 0 Å². The number of nitrogens with zero attached hydrogens (tertiary/aromatic N) is 4. The molecule has 1 aromatic carbocycles. The molecule has 126 valence electrons. The van der Waals surface area contributed by atoms with E-state index < -0.39 is 10.0 Å². The Morgan fingerprint density at radius 1 is 1.25 bits per heavy atom. The Balaban J connectivity index is 1.61. The Labute approximate surface area is 139 Å². The van der Waals surface area contributed by atoms with Gasteiger partial charge in [0.1, 0.15) is 6.26 Å². The SMILES string of the molecule is Cc1ccc(-c2nc(CCNS(=O)(=O)c3cn(C)nn3)co2)cc1. The maximum absolute atomic E-state index is 12.0. The second-order valence-corrected chi connectivity index (χ2v) is 7.10. The zero-order valence-corrected chi connectivity index (χ0v) is 14.1. The normalized spacial score (nSPS) is 11.8. The third kappa shape index (κ3) is 3.69. The second-order valence-electron chi connectivity index (χ2n) is 5.39. The van der Waals surface area contributed by atoms with Gasteiger partial charge in [-0.25, -0.2) is 18.1 Å². The number of rotatable bonds is 6. The van der Waals surface area contributed by atoms with Gasteiger partial charge in [0, 0.05) is 25.6 Å². The zero-order valence-electron chi connectivity index (χ0n) is 13.3. The highest BCUT2D eigenvalue weighted by Crippen LogP contribution is 2.19. The fourth-order valence-electron chi connectivity index (χ4n) is 2.09. The Morgan fingerprint density at radius 2 is 2.00 bits per heavy atom. The standard InChI is InChI=1S/C15H17N5O3S/c1-11-3-5-12(6-4-11)15-17-13(10-23-15)7-8-16-24(21,22)14-9-20(2)19-18-14/h3-6,9-10,16H,7-8H2,1-2H3. The first-order valence-electron chi connectivity index (χ1n) is 7.31. The van der Waals surface area contributed by atoms with E-state index in [1.54, 1.807) is 7.05 Å². The molecule has 3 rings (SSSR count). The van der Waals surface area contributed by atoms with Gasteiger partial charge in [0.2, 0.25) is 10.9 Å². The lowest BCUT2D eigenvalue weighted by molar-refractivity contribution is 0.569. The summed E-state index contributed by atoms with van der Waals surface area (Å²) in [7, 11) is -2.06. The number of hydrogen-bond acceptors (Lipinski definition) is 6. The largest absolute Gasteiger partial charge is 0.444 e. The van der Waals surface area contributed by atoms with Gasteiger partial charge in [0.05, 0.1) is 11.9 Å². The van der Waals surface area contributed by atoms with E-state index in [0.29, 0.717) is 18.0 Å². The average molecular weight is 347 g/mol. The van der Waals surface area contributed by atoms with Crippen molar-refractivity contribution in [3.8, 4) is 11.5 Å². The average Bonchev–Trinajstić information content (AvgIpc) is 3.17. The van der Waals surface area contributed by atoms with Crippen molar-refractivity contribution in [3.63, 3.8) is 0 Å². The van der Waals surface area contributed by atoms with Crippen molar-refractivity contribution in [3.05, 3.63) is 48.0 Å². The van der Waals surface area contributed by atoms with Crippen molar-refractivity contribution in [2.24, 2.45) is 7.05 Å². The Kier molecular flexibility index (Phi) is 4.45. The van der Waals surface area contributed by atoms with E-state index in [0.717, 1.165) is 11.1 Å². The van der Waals surface area contributed by atoms with Crippen molar-refractivity contribution < 1.29 is 12.8 Å². The molecule has 3 aromatic rings. The quantitative estimate of drug-likeness (QED) is 0.721. The van der Waals surface area contributed by atoms with Crippen LogP contribution in [0.3, 0.4) is 0 Å². The van der Waals surface area contributed by atoms with Gasteiger partial charge in [-0.2, -0.15) is 0 Å². The summed E-state index contributed by atoms with van der Waals surface area (Å²) in [6.07, 6.45) is 3.29. The number of oxazole rings is 1. The van der Waals surface area contributed by atoms with E-state index in [1.807, 2.05) is 31.2 Å². The molecule has 0 aliphatic rings. The molecular formula is C15H17N5O3S. The number of benzene rings is 1. The molecular weight excluding hydrogens is 330 g/mol. The molecule has 0 atom stereocenters. The fourth-order valence-corrected chi connectivity index (χ4v) is 3.04. The summed E-state index contributed by atoms with van der Waals surface area (Å²) in [6.45, 7) is 2.20. The molecule has 0 radical (unpaired) electrons. The highest BCUT2D eigenvalue weighted by molar-refractivity contribution is 7.89. The molecule has 0 unspecified atom stereocenters. The Bertz CT molecular complexity index is 928. The molecule has 0 amide bonds. The van der Waals surface area contributed by atoms with Crippen LogP contribution < -0.4 is 4.72 Å². The third-order valence-electron chi connectivity index (χ3n) is 3.38. The predicted molar refractivity (Wildman–Crippen MR) is 86.6 cm³/mol. The topological polar surface area (TPSA) is 103 Å². The third-order valence-corrected chi connectivity index (χ3v) is 4.70. The van der Waals surface area contributed by atoms with Crippen LogP contribution in [0.25, 0.3) is 11.5 Å². The van der Waals surface area contributed by atoms with Gasteiger partial charge >= 0.3 is 0 Å². The molecule has 8 nitrogen and oxygen atoms in total. The summed E-state index contributed by atoms with van der Waals surface area (Å²) in [6, 6.07) is 7.83. The van der Waals surface area contributed by atoms with E-state index in [-0.39, 0.29) is 11.6 Å². The molecule has 0 spiro atoms. The molecule has 0 saturated heterocycles. The first-order valence-corrected chi connectivity index (χ1v) is 8.80. The van der Waals surface area contributed by atoms with E-state index in [9.17, 15) is 8.42 Å². The molecule has 0 saturated carbocycles. The van der Waals surface area contributed by atoms with Crippen LogP contribution in [0.2, 0.25) is 0 Å². The van der Waals surface area contributed by atoms with Gasteiger partial charge < -0.3 is 4.42 Å². The first-order chi connectivity index (χ1) is 11.4. The van der Waals surface area contributed by atoms with E-state index >= 15 is 0 Å². The number of aryl methyl sites for hydroxylation is 2. The first kappa shape index (κ1) is 16.3. The van der Waals surface area contributed by atoms with Crippen LogP contribution in [-0.2, 0) is 23.5 Å². The van der Waals surface area contributed by atoms with Crippen LogP contribution in [0.15, 0.2) is 46.2 Å². The van der Waals surface area contributed by atoms with E-state index in [4.69, 9.17) is 4.42 Å². The smallest absolute Gasteiger partial charge is 0.261 e. The monoisotopic (exact) mass is 347 g/mol. The fraction of sp³-hybridized carbons (Fsp3) is 0.267. The van der Waals surface area contributed by atoms with Crippen molar-refractivity contribution in [2.75, 3.05) is 6.54 Å². The lowest BCUT2D eigenvalue weighted by atomic mass is 10.1. The summed E-state index contributed by atoms with van der Waals surface area (Å²) in [5.41, 5.74) is 2.71. The van der Waals surface area contributed by atoms with Gasteiger partial charge in [0.25, 0.3) is 10.0 Å². The van der Waals surface area contributed by atoms with Crippen molar-refractivity contribution >= 4 is 10.0 Å². The molecule has 2 heterocycles. The van der Waals surface area contributed by atoms with Gasteiger partial charge in [-0.05, 0) is 19.1 Å². The lowest BCUT2D eigenvalue weighted by Gasteiger charge is -2.01. The van der Waals surface area contributed by atoms with Crippen LogP contribution >= 0.6 is 0 Å². The van der Waals surface area contributed by atoms with Crippen LogP contribution in [0.1, 0.15) is 11.3 Å². The number of nitrogens with one attached hydrogen (secondary N) is 1. The maximum Gasteiger partial charge on any atom is 0.261 e. The highest BCUT2D eigenvalue weighted by atomic mass is 32.2. The summed E-state index contributed by atoms with van der Waals surface area (Å²) < 4.78 is 33.3. The van der Waals surface area contributed by atoms with Gasteiger partial charge in [-0.1, -0.05) is 22.9 Å². The molecule has 0 aliphatic carbocycles. The summed E-state index contributed by atoms with van der Waals surface area (Å²) in [4.78, 5) is 4.37. The summed E-state index contributed by atoms with van der Waals surface area (Å²) >= 11 is 0. The van der Waals surface area contributed by atoms with Gasteiger partial charge in [-0.15, -0.1) is 5.10 Å². The molecule has 2 aromatic heterocycles. The zero-order chi connectivity index (χ0) is 17.2. The number of aromatic nitrogens is 4. The minimum Gasteiger partial charge on any atom is -0.444 e. The van der Waals surface area contributed by atoms with Crippen LogP contribution in [0, 0.1) is 6.92 Å². The molecule has 0 aliphatic heterocycles. The minimum atomic E-state index is -3.66. The number of hydrogen-bond donors (Lipinski definition) is 1. The Morgan fingerprint density at radius 3 is 2.67 bits per heavy atom. The Hall–Kier alpha value is -2.52. The molecule has 24 heavy (non-hydrogen) atoms. The molecule has 9 heteroatoms. The van der Waals surface area contributed by atoms with Crippen LogP contribution in [-0.4, -0.2) is 34.9 Å².